The van der Waals surface area contributed by atoms with Crippen LogP contribution in [0.4, 0.5) is 0 Å². The van der Waals surface area contributed by atoms with Crippen LogP contribution in [-0.2, 0) is 9.59 Å². The van der Waals surface area contributed by atoms with Crippen LogP contribution in [0.25, 0.3) is 0 Å². The second-order valence-corrected chi connectivity index (χ2v) is 5.21. The first-order valence-electron chi connectivity index (χ1n) is 6.87. The monoisotopic (exact) mass is 250 g/mol. The van der Waals surface area contributed by atoms with E-state index in [1.54, 1.807) is 4.90 Å². The average Bonchev–Trinajstić information content (AvgIpc) is 2.92. The van der Waals surface area contributed by atoms with Gasteiger partial charge in [0.2, 0.25) is 5.91 Å². The van der Waals surface area contributed by atoms with Crippen molar-refractivity contribution in [2.75, 3.05) is 20.1 Å². The zero-order valence-corrected chi connectivity index (χ0v) is 11.1. The van der Waals surface area contributed by atoms with Crippen molar-refractivity contribution in [2.24, 2.45) is 0 Å². The highest BCUT2D eigenvalue weighted by Gasteiger charge is 2.25. The predicted molar refractivity (Wildman–Crippen MR) is 70.0 cm³/mol. The summed E-state index contributed by atoms with van der Waals surface area (Å²) in [6, 6.07) is -0.0614. The molecule has 1 unspecified atom stereocenters. The fraction of sp³-hybridized carbons (Fsp3) is 0.714. The van der Waals surface area contributed by atoms with Crippen molar-refractivity contribution in [2.45, 2.75) is 44.6 Å². The maximum Gasteiger partial charge on any atom is 0.240 e. The van der Waals surface area contributed by atoms with Gasteiger partial charge in [-0.3, -0.25) is 9.69 Å². The number of piperidine rings is 1. The molecule has 0 aromatic carbocycles. The number of amides is 1. The third-order valence-corrected chi connectivity index (χ3v) is 3.98. The molecule has 100 valence electrons. The summed E-state index contributed by atoms with van der Waals surface area (Å²) in [5.41, 5.74) is 1.14. The van der Waals surface area contributed by atoms with E-state index in [9.17, 15) is 9.59 Å². The van der Waals surface area contributed by atoms with Gasteiger partial charge in [0.1, 0.15) is 6.29 Å². The number of likely N-dealkylation sites (tertiary alicyclic amines) is 1. The third kappa shape index (κ3) is 2.99. The van der Waals surface area contributed by atoms with Crippen LogP contribution in [0.5, 0.6) is 0 Å². The molecule has 0 aromatic rings. The maximum absolute atomic E-state index is 12.2. The Morgan fingerprint density at radius 2 is 2.33 bits per heavy atom. The quantitative estimate of drug-likeness (QED) is 0.711. The fourth-order valence-corrected chi connectivity index (χ4v) is 2.77. The largest absolute Gasteiger partial charge is 0.318 e. The fourth-order valence-electron chi connectivity index (χ4n) is 2.77. The Bertz CT molecular complexity index is 352. The highest BCUT2D eigenvalue weighted by Crippen LogP contribution is 2.21. The minimum atomic E-state index is -0.0614. The Morgan fingerprint density at radius 1 is 1.50 bits per heavy atom. The topological polar surface area (TPSA) is 40.6 Å². The highest BCUT2D eigenvalue weighted by molar-refractivity contribution is 5.80. The highest BCUT2D eigenvalue weighted by atomic mass is 16.2. The number of hydrogen-bond donors (Lipinski definition) is 0. The van der Waals surface area contributed by atoms with Crippen LogP contribution in [0.15, 0.2) is 11.8 Å². The lowest BCUT2D eigenvalue weighted by molar-refractivity contribution is -0.131. The number of aldehydes is 1. The lowest BCUT2D eigenvalue weighted by Gasteiger charge is -2.33. The average molecular weight is 250 g/mol. The van der Waals surface area contributed by atoms with E-state index < -0.39 is 0 Å². The molecule has 1 aliphatic heterocycles. The molecular weight excluding hydrogens is 228 g/mol. The number of rotatable bonds is 4. The molecule has 4 heteroatoms. The molecule has 1 amide bonds. The lowest BCUT2D eigenvalue weighted by Crippen LogP contribution is -2.46. The van der Waals surface area contributed by atoms with Gasteiger partial charge in [-0.2, -0.15) is 0 Å². The number of likely N-dealkylation sites (N-methyl/N-ethyl adjacent to an activating group) is 1. The summed E-state index contributed by atoms with van der Waals surface area (Å²) in [7, 11) is 1.85. The van der Waals surface area contributed by atoms with Gasteiger partial charge in [-0.1, -0.05) is 12.5 Å². The van der Waals surface area contributed by atoms with Gasteiger partial charge in [-0.05, 0) is 38.6 Å². The molecule has 0 radical (unpaired) electrons. The van der Waals surface area contributed by atoms with E-state index in [1.165, 1.54) is 0 Å². The van der Waals surface area contributed by atoms with Gasteiger partial charge in [0, 0.05) is 12.7 Å². The third-order valence-electron chi connectivity index (χ3n) is 3.98. The zero-order valence-electron chi connectivity index (χ0n) is 11.1. The second kappa shape index (κ2) is 6.14. The summed E-state index contributed by atoms with van der Waals surface area (Å²) < 4.78 is 0. The summed E-state index contributed by atoms with van der Waals surface area (Å²) >= 11 is 0. The summed E-state index contributed by atoms with van der Waals surface area (Å²) in [6.45, 7) is 1.24. The first kappa shape index (κ1) is 13.3. The molecule has 1 heterocycles. The van der Waals surface area contributed by atoms with E-state index in [4.69, 9.17) is 0 Å². The second-order valence-electron chi connectivity index (χ2n) is 5.21. The summed E-state index contributed by atoms with van der Waals surface area (Å²) in [4.78, 5) is 27.0. The van der Waals surface area contributed by atoms with Crippen LogP contribution in [0.3, 0.4) is 0 Å². The van der Waals surface area contributed by atoms with Crippen molar-refractivity contribution in [3.63, 3.8) is 0 Å². The number of nitrogens with zero attached hydrogens (tertiary/aromatic N) is 2. The number of allylic oxidation sites excluding steroid dienone is 2. The van der Waals surface area contributed by atoms with Gasteiger partial charge < -0.3 is 9.69 Å². The number of carbonyl (C=O) groups excluding carboxylic acids is 2. The molecule has 0 spiro atoms. The molecule has 1 aliphatic carbocycles. The number of hydrogen-bond acceptors (Lipinski definition) is 3. The zero-order chi connectivity index (χ0) is 13.0. The van der Waals surface area contributed by atoms with Crippen molar-refractivity contribution in [3.8, 4) is 0 Å². The summed E-state index contributed by atoms with van der Waals surface area (Å²) in [5, 5.41) is 0. The van der Waals surface area contributed by atoms with Crippen LogP contribution in [0.1, 0.15) is 38.5 Å². The lowest BCUT2D eigenvalue weighted by atomic mass is 10.0. The van der Waals surface area contributed by atoms with Crippen LogP contribution >= 0.6 is 0 Å². The van der Waals surface area contributed by atoms with Gasteiger partial charge in [-0.25, -0.2) is 0 Å². The molecule has 0 N–H and O–H groups in total. The SMILES string of the molecule is CN(C(=O)CN1CCCCC1C=O)C1=CCCC1. The molecule has 1 saturated heterocycles. The number of carbonyl (C=O) groups is 2. The molecule has 1 atom stereocenters. The van der Waals surface area contributed by atoms with E-state index in [1.807, 2.05) is 11.9 Å². The first-order valence-corrected chi connectivity index (χ1v) is 6.87. The molecular formula is C14H22N2O2. The van der Waals surface area contributed by atoms with Crippen molar-refractivity contribution in [3.05, 3.63) is 11.8 Å². The molecule has 0 saturated carbocycles. The van der Waals surface area contributed by atoms with Gasteiger partial charge in [0.25, 0.3) is 0 Å². The van der Waals surface area contributed by atoms with Gasteiger partial charge in [0.15, 0.2) is 0 Å². The van der Waals surface area contributed by atoms with E-state index in [0.29, 0.717) is 6.54 Å². The Morgan fingerprint density at radius 3 is 3.00 bits per heavy atom. The Kier molecular flexibility index (Phi) is 4.53. The van der Waals surface area contributed by atoms with Crippen molar-refractivity contribution < 1.29 is 9.59 Å². The Hall–Kier alpha value is -1.16. The molecule has 2 aliphatic rings. The summed E-state index contributed by atoms with van der Waals surface area (Å²) in [5.74, 6) is 0.108. The smallest absolute Gasteiger partial charge is 0.240 e. The van der Waals surface area contributed by atoms with Gasteiger partial charge >= 0.3 is 0 Å². The first-order chi connectivity index (χ1) is 8.72. The van der Waals surface area contributed by atoms with Crippen LogP contribution in [0.2, 0.25) is 0 Å². The van der Waals surface area contributed by atoms with E-state index in [0.717, 1.165) is 57.1 Å². The van der Waals surface area contributed by atoms with Gasteiger partial charge in [0.05, 0.1) is 12.6 Å². The normalized spacial score (nSPS) is 24.7. The Labute approximate surface area is 109 Å². The van der Waals surface area contributed by atoms with E-state index in [2.05, 4.69) is 6.08 Å². The molecule has 0 bridgehead atoms. The standard InChI is InChI=1S/C14H22N2O2/c1-15(12-6-2-3-7-12)14(18)10-16-9-5-4-8-13(16)11-17/h6,11,13H,2-5,7-10H2,1H3. The Balaban J connectivity index is 1.91. The van der Waals surface area contributed by atoms with Crippen molar-refractivity contribution >= 4 is 12.2 Å². The molecule has 18 heavy (non-hydrogen) atoms. The van der Waals surface area contributed by atoms with Crippen molar-refractivity contribution in [1.29, 1.82) is 0 Å². The van der Waals surface area contributed by atoms with Crippen molar-refractivity contribution in [1.82, 2.24) is 9.80 Å². The summed E-state index contributed by atoms with van der Waals surface area (Å²) in [6.07, 6.45) is 9.43. The minimum absolute atomic E-state index is 0.0614. The van der Waals surface area contributed by atoms with Crippen LogP contribution in [0, 0.1) is 0 Å². The van der Waals surface area contributed by atoms with Gasteiger partial charge in [-0.15, -0.1) is 0 Å². The molecule has 2 rings (SSSR count). The van der Waals surface area contributed by atoms with Crippen LogP contribution < -0.4 is 0 Å². The van der Waals surface area contributed by atoms with Crippen LogP contribution in [-0.4, -0.2) is 48.2 Å². The maximum atomic E-state index is 12.2. The minimum Gasteiger partial charge on any atom is -0.318 e. The molecule has 1 fully saturated rings. The molecule has 4 nitrogen and oxygen atoms in total. The van der Waals surface area contributed by atoms with E-state index in [-0.39, 0.29) is 11.9 Å². The molecule has 0 aromatic heterocycles. The van der Waals surface area contributed by atoms with E-state index >= 15 is 0 Å². The predicted octanol–water partition coefficient (Wildman–Crippen LogP) is 1.57.